The third-order valence-electron chi connectivity index (χ3n) is 2.66. The van der Waals surface area contributed by atoms with Crippen molar-refractivity contribution in [1.29, 1.82) is 0 Å². The van der Waals surface area contributed by atoms with Gasteiger partial charge in [0.05, 0.1) is 4.90 Å². The van der Waals surface area contributed by atoms with Gasteiger partial charge >= 0.3 is 0 Å². The zero-order valence-corrected chi connectivity index (χ0v) is 13.3. The fourth-order valence-electron chi connectivity index (χ4n) is 1.64. The smallest absolute Gasteiger partial charge is 0.216 e. The number of aryl methyl sites for hydroxylation is 1. The third-order valence-corrected chi connectivity index (χ3v) is 5.70. The van der Waals surface area contributed by atoms with Gasteiger partial charge in [0, 0.05) is 5.56 Å². The highest BCUT2D eigenvalue weighted by Gasteiger charge is 2.23. The van der Waals surface area contributed by atoms with Crippen LogP contribution in [-0.4, -0.2) is 12.4 Å². The molecule has 0 saturated carbocycles. The Morgan fingerprint density at radius 1 is 1.32 bits per heavy atom. The molecule has 0 aliphatic heterocycles. The van der Waals surface area contributed by atoms with E-state index in [0.717, 1.165) is 9.54 Å². The molecular weight excluding hydrogens is 350 g/mol. The van der Waals surface area contributed by atoms with Crippen LogP contribution < -0.4 is 0 Å². The predicted molar refractivity (Wildman–Crippen MR) is 81.0 cm³/mol. The molecule has 100 valence electrons. The van der Waals surface area contributed by atoms with Crippen LogP contribution in [0.15, 0.2) is 46.4 Å². The first-order valence-corrected chi connectivity index (χ1v) is 8.00. The Labute approximate surface area is 125 Å². The molecule has 0 amide bonds. The lowest BCUT2D eigenvalue weighted by Crippen LogP contribution is -2.13. The van der Waals surface area contributed by atoms with Crippen LogP contribution in [0.2, 0.25) is 5.15 Å². The third kappa shape index (κ3) is 2.50. The molecule has 0 fully saturated rings. The number of halogens is 2. The van der Waals surface area contributed by atoms with Crippen LogP contribution in [0.25, 0.3) is 6.08 Å². The van der Waals surface area contributed by atoms with Gasteiger partial charge in [-0.25, -0.2) is 12.4 Å². The van der Waals surface area contributed by atoms with Crippen LogP contribution in [0.5, 0.6) is 0 Å². The highest BCUT2D eigenvalue weighted by atomic mass is 79.9. The Morgan fingerprint density at radius 3 is 2.37 bits per heavy atom. The van der Waals surface area contributed by atoms with Crippen molar-refractivity contribution in [3.05, 3.63) is 57.8 Å². The van der Waals surface area contributed by atoms with Gasteiger partial charge in [-0.05, 0) is 41.1 Å². The van der Waals surface area contributed by atoms with Gasteiger partial charge in [-0.3, -0.25) is 0 Å². The Hall–Kier alpha value is -1.04. The number of hydrogen-bond donors (Lipinski definition) is 0. The van der Waals surface area contributed by atoms with Crippen molar-refractivity contribution in [2.24, 2.45) is 0 Å². The predicted octanol–water partition coefficient (Wildman–Crippen LogP) is 4.09. The van der Waals surface area contributed by atoms with Crippen molar-refractivity contribution < 1.29 is 8.42 Å². The van der Waals surface area contributed by atoms with E-state index in [1.54, 1.807) is 30.3 Å². The summed E-state index contributed by atoms with van der Waals surface area (Å²) in [5.41, 5.74) is 1.55. The van der Waals surface area contributed by atoms with Crippen molar-refractivity contribution in [2.75, 3.05) is 0 Å². The van der Waals surface area contributed by atoms with Gasteiger partial charge in [0.2, 0.25) is 0 Å². The molecule has 0 atom stereocenters. The SMILES string of the molecule is C=Cc1cc(Br)n(S(=O)(=O)c2ccc(C)cc2)c1Cl. The Bertz CT molecular complexity index is 733. The number of benzene rings is 1. The van der Waals surface area contributed by atoms with E-state index < -0.39 is 10.0 Å². The fourth-order valence-corrected chi connectivity index (χ4v) is 4.52. The van der Waals surface area contributed by atoms with Gasteiger partial charge in [-0.2, -0.15) is 0 Å². The molecule has 0 unspecified atom stereocenters. The van der Waals surface area contributed by atoms with E-state index >= 15 is 0 Å². The standard InChI is InChI=1S/C13H11BrClNO2S/c1-3-10-8-12(14)16(13(10)15)19(17,18)11-6-4-9(2)5-7-11/h3-8H,1H2,2H3. The van der Waals surface area contributed by atoms with E-state index in [0.29, 0.717) is 10.2 Å². The average Bonchev–Trinajstić information content (AvgIpc) is 2.65. The molecule has 0 bridgehead atoms. The minimum absolute atomic E-state index is 0.113. The molecule has 3 nitrogen and oxygen atoms in total. The van der Waals surface area contributed by atoms with Crippen LogP contribution in [0, 0.1) is 6.92 Å². The first-order chi connectivity index (χ1) is 8.87. The Kier molecular flexibility index (Phi) is 3.90. The molecule has 0 radical (unpaired) electrons. The summed E-state index contributed by atoms with van der Waals surface area (Å²) in [4.78, 5) is 0.187. The van der Waals surface area contributed by atoms with Crippen LogP contribution in [0.1, 0.15) is 11.1 Å². The zero-order chi connectivity index (χ0) is 14.2. The summed E-state index contributed by atoms with van der Waals surface area (Å²) in [5.74, 6) is 0. The quantitative estimate of drug-likeness (QED) is 0.827. The second-order valence-electron chi connectivity index (χ2n) is 4.00. The van der Waals surface area contributed by atoms with E-state index in [-0.39, 0.29) is 10.0 Å². The zero-order valence-electron chi connectivity index (χ0n) is 10.1. The first-order valence-electron chi connectivity index (χ1n) is 5.39. The number of nitrogens with zero attached hydrogens (tertiary/aromatic N) is 1. The summed E-state index contributed by atoms with van der Waals surface area (Å²) >= 11 is 9.29. The maximum absolute atomic E-state index is 12.5. The first kappa shape index (κ1) is 14.4. The Balaban J connectivity index is 2.66. The van der Waals surface area contributed by atoms with Crippen LogP contribution in [0.4, 0.5) is 0 Å². The molecule has 1 heterocycles. The molecule has 1 aromatic carbocycles. The van der Waals surface area contributed by atoms with Gasteiger partial charge in [0.25, 0.3) is 10.0 Å². The normalized spacial score (nSPS) is 11.5. The molecule has 0 aliphatic carbocycles. The van der Waals surface area contributed by atoms with Gasteiger partial charge in [0.15, 0.2) is 0 Å². The van der Waals surface area contributed by atoms with E-state index in [4.69, 9.17) is 11.6 Å². The largest absolute Gasteiger partial charge is 0.269 e. The van der Waals surface area contributed by atoms with Crippen LogP contribution >= 0.6 is 27.5 Å². The maximum Gasteiger partial charge on any atom is 0.269 e. The summed E-state index contributed by atoms with van der Waals surface area (Å²) in [6.07, 6.45) is 1.51. The highest BCUT2D eigenvalue weighted by Crippen LogP contribution is 2.31. The molecule has 1 aromatic heterocycles. The molecule has 0 saturated heterocycles. The number of aromatic nitrogens is 1. The van der Waals surface area contributed by atoms with Gasteiger partial charge in [-0.1, -0.05) is 42.0 Å². The van der Waals surface area contributed by atoms with Gasteiger partial charge < -0.3 is 0 Å². The Morgan fingerprint density at radius 2 is 1.89 bits per heavy atom. The lowest BCUT2D eigenvalue weighted by Gasteiger charge is -2.09. The minimum atomic E-state index is -3.72. The molecule has 2 rings (SSSR count). The summed E-state index contributed by atoms with van der Waals surface area (Å²) in [6.45, 7) is 5.49. The topological polar surface area (TPSA) is 39.1 Å². The summed E-state index contributed by atoms with van der Waals surface area (Å²) in [5, 5.41) is 0.113. The minimum Gasteiger partial charge on any atom is -0.216 e. The fraction of sp³-hybridized carbons (Fsp3) is 0.0769. The molecule has 0 spiro atoms. The van der Waals surface area contributed by atoms with E-state index in [9.17, 15) is 8.42 Å². The highest BCUT2D eigenvalue weighted by molar-refractivity contribution is 9.10. The molecule has 2 aromatic rings. The molecule has 0 N–H and O–H groups in total. The summed E-state index contributed by atoms with van der Waals surface area (Å²) < 4.78 is 26.5. The van der Waals surface area contributed by atoms with Crippen molar-refractivity contribution in [3.8, 4) is 0 Å². The van der Waals surface area contributed by atoms with Gasteiger partial charge in [0.1, 0.15) is 9.76 Å². The second-order valence-corrected chi connectivity index (χ2v) is 6.96. The van der Waals surface area contributed by atoms with Crippen molar-refractivity contribution >= 4 is 43.6 Å². The van der Waals surface area contributed by atoms with E-state index in [2.05, 4.69) is 22.5 Å². The molecule has 6 heteroatoms. The maximum atomic E-state index is 12.5. The molecule has 0 aliphatic rings. The number of hydrogen-bond acceptors (Lipinski definition) is 2. The lowest BCUT2D eigenvalue weighted by molar-refractivity contribution is 0.586. The van der Waals surface area contributed by atoms with Gasteiger partial charge in [-0.15, -0.1) is 0 Å². The number of rotatable bonds is 3. The second kappa shape index (κ2) is 5.15. The van der Waals surface area contributed by atoms with Crippen LogP contribution in [0.3, 0.4) is 0 Å². The lowest BCUT2D eigenvalue weighted by atomic mass is 10.2. The van der Waals surface area contributed by atoms with E-state index in [1.165, 1.54) is 6.08 Å². The molecular formula is C13H11BrClNO2S. The monoisotopic (exact) mass is 359 g/mol. The summed E-state index contributed by atoms with van der Waals surface area (Å²) in [6, 6.07) is 8.21. The van der Waals surface area contributed by atoms with Crippen molar-refractivity contribution in [2.45, 2.75) is 11.8 Å². The van der Waals surface area contributed by atoms with Crippen molar-refractivity contribution in [3.63, 3.8) is 0 Å². The molecule has 19 heavy (non-hydrogen) atoms. The average molecular weight is 361 g/mol. The van der Waals surface area contributed by atoms with E-state index in [1.807, 2.05) is 6.92 Å². The van der Waals surface area contributed by atoms with Crippen LogP contribution in [-0.2, 0) is 10.0 Å². The van der Waals surface area contributed by atoms with Crippen molar-refractivity contribution in [1.82, 2.24) is 3.97 Å². The summed E-state index contributed by atoms with van der Waals surface area (Å²) in [7, 11) is -3.72.